The lowest BCUT2D eigenvalue weighted by Gasteiger charge is -2.35. The number of pyridine rings is 1. The largest absolute Gasteiger partial charge is 0.506 e. The van der Waals surface area contributed by atoms with Gasteiger partial charge in [0, 0.05) is 41.8 Å². The van der Waals surface area contributed by atoms with E-state index >= 15 is 0 Å². The highest BCUT2D eigenvalue weighted by atomic mass is 19.1. The second-order valence-electron chi connectivity index (χ2n) is 8.42. The van der Waals surface area contributed by atoms with Crippen LogP contribution in [0.1, 0.15) is 30.4 Å². The van der Waals surface area contributed by atoms with Gasteiger partial charge in [-0.25, -0.2) is 9.87 Å². The third-order valence-corrected chi connectivity index (χ3v) is 6.48. The summed E-state index contributed by atoms with van der Waals surface area (Å²) in [6, 6.07) is 12.9. The van der Waals surface area contributed by atoms with E-state index in [9.17, 15) is 20.0 Å². The number of phenolic OH excluding ortho intramolecular Hbond substituents is 1. The predicted octanol–water partition coefficient (Wildman–Crippen LogP) is 5.07. The number of hydroxylamine groups is 1. The Morgan fingerprint density at radius 3 is 2.67 bits per heavy atom. The molecule has 2 aromatic carbocycles. The molecule has 3 aromatic rings. The van der Waals surface area contributed by atoms with Crippen molar-refractivity contribution in [2.24, 2.45) is 0 Å². The highest BCUT2D eigenvalue weighted by Gasteiger charge is 2.25. The van der Waals surface area contributed by atoms with Crippen LogP contribution in [0.2, 0.25) is 0 Å². The number of halogens is 1. The number of allylic oxidation sites excluding steroid dienone is 4. The zero-order valence-electron chi connectivity index (χ0n) is 17.9. The Hall–Kier alpha value is -3.73. The maximum absolute atomic E-state index is 13.9. The second-order valence-corrected chi connectivity index (χ2v) is 8.42. The molecule has 2 aliphatic rings. The lowest BCUT2D eigenvalue weighted by Crippen LogP contribution is -2.41. The lowest BCUT2D eigenvalue weighted by atomic mass is 9.95. The van der Waals surface area contributed by atoms with E-state index in [-0.39, 0.29) is 23.2 Å². The number of piperidine rings is 1. The minimum absolute atomic E-state index is 0.0452. The standard InChI is InChI=1S/C26H23FN4O2/c27-19-6-4-16(12-19)23-15-29-24-7-5-17(21-3-1-2-18(14-28)26(21)32)13-22(24)25(23)31-10-8-20(30-33)9-11-31/h1-3,5-7,12-13,15,20,30,32-33H,4,8-11H2. The predicted molar refractivity (Wildman–Crippen MR) is 126 cm³/mol. The lowest BCUT2D eigenvalue weighted by molar-refractivity contribution is 0.113. The van der Waals surface area contributed by atoms with Gasteiger partial charge < -0.3 is 15.2 Å². The Bertz CT molecular complexity index is 1330. The summed E-state index contributed by atoms with van der Waals surface area (Å²) < 4.78 is 13.9. The molecule has 5 rings (SSSR count). The molecule has 3 N–H and O–H groups in total. The first-order valence-electron chi connectivity index (χ1n) is 11.0. The van der Waals surface area contributed by atoms with Gasteiger partial charge >= 0.3 is 0 Å². The third kappa shape index (κ3) is 3.84. The second kappa shape index (κ2) is 8.66. The summed E-state index contributed by atoms with van der Waals surface area (Å²) in [5.41, 5.74) is 7.46. The van der Waals surface area contributed by atoms with Crippen LogP contribution in [0, 0.1) is 11.3 Å². The van der Waals surface area contributed by atoms with E-state index in [0.717, 1.165) is 59.2 Å². The number of aromatic nitrogens is 1. The Kier molecular flexibility index (Phi) is 5.55. The number of para-hydroxylation sites is 1. The third-order valence-electron chi connectivity index (χ3n) is 6.48. The molecule has 1 saturated heterocycles. The number of fused-ring (bicyclic) bond motifs is 1. The molecule has 0 unspecified atom stereocenters. The number of nitrogens with zero attached hydrogens (tertiary/aromatic N) is 3. The van der Waals surface area contributed by atoms with Crippen LogP contribution in [0.4, 0.5) is 10.1 Å². The van der Waals surface area contributed by atoms with Gasteiger partial charge in [-0.2, -0.15) is 5.26 Å². The van der Waals surface area contributed by atoms with Crippen molar-refractivity contribution in [1.82, 2.24) is 10.5 Å². The van der Waals surface area contributed by atoms with E-state index in [2.05, 4.69) is 15.4 Å². The van der Waals surface area contributed by atoms with Gasteiger partial charge in [0.05, 0.1) is 16.8 Å². The fourth-order valence-corrected chi connectivity index (χ4v) is 4.70. The highest BCUT2D eigenvalue weighted by Crippen LogP contribution is 2.41. The van der Waals surface area contributed by atoms with Gasteiger partial charge in [-0.15, -0.1) is 0 Å². The monoisotopic (exact) mass is 442 g/mol. The highest BCUT2D eigenvalue weighted by molar-refractivity contribution is 6.00. The Morgan fingerprint density at radius 1 is 1.15 bits per heavy atom. The van der Waals surface area contributed by atoms with E-state index < -0.39 is 0 Å². The van der Waals surface area contributed by atoms with Crippen LogP contribution in [-0.4, -0.2) is 34.4 Å². The van der Waals surface area contributed by atoms with E-state index in [4.69, 9.17) is 0 Å². The number of phenols is 1. The number of hydrogen-bond acceptors (Lipinski definition) is 6. The first kappa shape index (κ1) is 21.1. The first-order chi connectivity index (χ1) is 16.1. The van der Waals surface area contributed by atoms with Gasteiger partial charge in [-0.3, -0.25) is 4.98 Å². The average Bonchev–Trinajstić information content (AvgIpc) is 3.29. The number of nitrogens with one attached hydrogen (secondary N) is 1. The van der Waals surface area contributed by atoms with Crippen LogP contribution < -0.4 is 10.4 Å². The molecular formula is C26H23FN4O2. The summed E-state index contributed by atoms with van der Waals surface area (Å²) >= 11 is 0. The first-order valence-corrected chi connectivity index (χ1v) is 11.0. The number of nitriles is 1. The average molecular weight is 442 g/mol. The molecule has 166 valence electrons. The Morgan fingerprint density at radius 2 is 1.97 bits per heavy atom. The van der Waals surface area contributed by atoms with E-state index in [1.807, 2.05) is 24.3 Å². The molecule has 0 bridgehead atoms. The van der Waals surface area contributed by atoms with Gasteiger partial charge in [-0.05, 0) is 60.8 Å². The maximum atomic E-state index is 13.9. The summed E-state index contributed by atoms with van der Waals surface area (Å²) in [6.07, 6.45) is 6.98. The maximum Gasteiger partial charge on any atom is 0.141 e. The van der Waals surface area contributed by atoms with Crippen molar-refractivity contribution < 1.29 is 14.7 Å². The molecule has 2 heterocycles. The van der Waals surface area contributed by atoms with Crippen LogP contribution >= 0.6 is 0 Å². The van der Waals surface area contributed by atoms with Gasteiger partial charge in [0.1, 0.15) is 17.6 Å². The zero-order chi connectivity index (χ0) is 22.9. The molecule has 1 fully saturated rings. The summed E-state index contributed by atoms with van der Waals surface area (Å²) in [4.78, 5) is 6.91. The van der Waals surface area contributed by atoms with Gasteiger partial charge in [-0.1, -0.05) is 18.2 Å². The SMILES string of the molecule is N#Cc1cccc(-c2ccc3ncc(C4=CC(F)=CC4)c(N4CCC(NO)CC4)c3c2)c1O. The molecule has 0 radical (unpaired) electrons. The molecular weight excluding hydrogens is 419 g/mol. The zero-order valence-corrected chi connectivity index (χ0v) is 17.9. The van der Waals surface area contributed by atoms with Crippen molar-refractivity contribution in [2.75, 3.05) is 18.0 Å². The molecule has 1 aromatic heterocycles. The quantitative estimate of drug-likeness (QED) is 0.489. The molecule has 0 atom stereocenters. The summed E-state index contributed by atoms with van der Waals surface area (Å²) in [7, 11) is 0. The van der Waals surface area contributed by atoms with E-state index in [1.54, 1.807) is 36.5 Å². The molecule has 1 aliphatic heterocycles. The summed E-state index contributed by atoms with van der Waals surface area (Å²) in [5, 5.41) is 30.1. The molecule has 6 nitrogen and oxygen atoms in total. The van der Waals surface area contributed by atoms with E-state index in [0.29, 0.717) is 12.0 Å². The minimum atomic E-state index is -0.244. The van der Waals surface area contributed by atoms with Crippen molar-refractivity contribution in [3.8, 4) is 22.9 Å². The number of anilines is 1. The van der Waals surface area contributed by atoms with Crippen LogP contribution in [0.15, 0.2) is 60.6 Å². The van der Waals surface area contributed by atoms with Crippen molar-refractivity contribution in [3.05, 3.63) is 71.7 Å². The van der Waals surface area contributed by atoms with E-state index in [1.165, 1.54) is 0 Å². The Balaban J connectivity index is 1.69. The van der Waals surface area contributed by atoms with Crippen LogP contribution in [0.5, 0.6) is 5.75 Å². The molecule has 0 saturated carbocycles. The fraction of sp³-hybridized carbons (Fsp3) is 0.231. The van der Waals surface area contributed by atoms with Gasteiger partial charge in [0.15, 0.2) is 0 Å². The van der Waals surface area contributed by atoms with Crippen LogP contribution in [0.3, 0.4) is 0 Å². The molecule has 0 spiro atoms. The summed E-state index contributed by atoms with van der Waals surface area (Å²) in [6.45, 7) is 1.46. The van der Waals surface area contributed by atoms with Crippen LogP contribution in [-0.2, 0) is 0 Å². The number of rotatable bonds is 4. The van der Waals surface area contributed by atoms with Crippen LogP contribution in [0.25, 0.3) is 27.6 Å². The van der Waals surface area contributed by atoms with Crippen molar-refractivity contribution >= 4 is 22.2 Å². The molecule has 33 heavy (non-hydrogen) atoms. The molecule has 0 amide bonds. The summed E-state index contributed by atoms with van der Waals surface area (Å²) in [5.74, 6) is -0.296. The normalized spacial score (nSPS) is 16.6. The number of aromatic hydroxyl groups is 1. The van der Waals surface area contributed by atoms with Crippen molar-refractivity contribution in [3.63, 3.8) is 0 Å². The smallest absolute Gasteiger partial charge is 0.141 e. The Labute approximate surface area is 190 Å². The fourth-order valence-electron chi connectivity index (χ4n) is 4.70. The molecule has 1 aliphatic carbocycles. The number of hydrogen-bond donors (Lipinski definition) is 3. The minimum Gasteiger partial charge on any atom is -0.506 e. The number of benzene rings is 2. The van der Waals surface area contributed by atoms with Gasteiger partial charge in [0.2, 0.25) is 0 Å². The van der Waals surface area contributed by atoms with Crippen molar-refractivity contribution in [1.29, 1.82) is 5.26 Å². The molecule has 7 heteroatoms. The topological polar surface area (TPSA) is 92.4 Å². The van der Waals surface area contributed by atoms with Crippen molar-refractivity contribution in [2.45, 2.75) is 25.3 Å². The van der Waals surface area contributed by atoms with Gasteiger partial charge in [0.25, 0.3) is 0 Å².